The summed E-state index contributed by atoms with van der Waals surface area (Å²) in [5.74, 6) is 0.254. The first-order chi connectivity index (χ1) is 8.45. The smallest absolute Gasteiger partial charge is 0.274 e. The second-order valence-corrected chi connectivity index (χ2v) is 6.72. The number of aliphatic hydroxyl groups is 1. The van der Waals surface area contributed by atoms with E-state index in [0.717, 1.165) is 32.1 Å². The van der Waals surface area contributed by atoms with Crippen LogP contribution in [0.25, 0.3) is 0 Å². The summed E-state index contributed by atoms with van der Waals surface area (Å²) in [6, 6.07) is 2.85. The summed E-state index contributed by atoms with van der Waals surface area (Å²) in [5, 5.41) is 8.75. The Hall–Kier alpha value is -0.850. The van der Waals surface area contributed by atoms with E-state index in [2.05, 4.69) is 4.72 Å². The zero-order valence-electron chi connectivity index (χ0n) is 10.5. The van der Waals surface area contributed by atoms with Crippen molar-refractivity contribution in [3.8, 4) is 0 Å². The van der Waals surface area contributed by atoms with Gasteiger partial charge in [-0.05, 0) is 31.9 Å². The first-order valence-corrected chi connectivity index (χ1v) is 7.67. The fraction of sp³-hybridized carbons (Fsp3) is 0.667. The van der Waals surface area contributed by atoms with Crippen LogP contribution in [0.4, 0.5) is 0 Å². The highest BCUT2D eigenvalue weighted by Gasteiger charge is 2.33. The summed E-state index contributed by atoms with van der Waals surface area (Å²) in [4.78, 5) is 0. The Labute approximate surface area is 107 Å². The maximum atomic E-state index is 12.1. The van der Waals surface area contributed by atoms with Crippen molar-refractivity contribution in [3.63, 3.8) is 0 Å². The van der Waals surface area contributed by atoms with Crippen LogP contribution in [-0.4, -0.2) is 19.1 Å². The Kier molecular flexibility index (Phi) is 3.79. The molecule has 2 rings (SSSR count). The van der Waals surface area contributed by atoms with Crippen LogP contribution < -0.4 is 4.72 Å². The number of rotatable bonds is 4. The highest BCUT2D eigenvalue weighted by molar-refractivity contribution is 7.89. The summed E-state index contributed by atoms with van der Waals surface area (Å²) in [7, 11) is -3.64. The number of aliphatic hydroxyl groups excluding tert-OH is 1. The summed E-state index contributed by atoms with van der Waals surface area (Å²) in [6.07, 6.45) is 4.93. The molecule has 1 saturated carbocycles. The van der Waals surface area contributed by atoms with Crippen LogP contribution in [0, 0.1) is 0 Å². The van der Waals surface area contributed by atoms with Gasteiger partial charge in [0.25, 0.3) is 10.0 Å². The molecule has 0 aromatic carbocycles. The number of hydrogen-bond donors (Lipinski definition) is 2. The molecule has 1 aromatic rings. The van der Waals surface area contributed by atoms with E-state index in [1.165, 1.54) is 12.1 Å². The Morgan fingerprint density at radius 1 is 1.33 bits per heavy atom. The Bertz CT molecular complexity index is 500. The van der Waals surface area contributed by atoms with Crippen molar-refractivity contribution in [1.82, 2.24) is 4.72 Å². The number of furan rings is 1. The predicted molar refractivity (Wildman–Crippen MR) is 66.4 cm³/mol. The molecule has 0 unspecified atom stereocenters. The van der Waals surface area contributed by atoms with Crippen molar-refractivity contribution in [2.45, 2.75) is 56.3 Å². The van der Waals surface area contributed by atoms with Gasteiger partial charge >= 0.3 is 0 Å². The fourth-order valence-corrected chi connectivity index (χ4v) is 3.81. The summed E-state index contributed by atoms with van der Waals surface area (Å²) >= 11 is 0. The average molecular weight is 273 g/mol. The van der Waals surface area contributed by atoms with E-state index in [9.17, 15) is 8.42 Å². The Morgan fingerprint density at radius 3 is 2.56 bits per heavy atom. The van der Waals surface area contributed by atoms with Crippen molar-refractivity contribution in [1.29, 1.82) is 0 Å². The summed E-state index contributed by atoms with van der Waals surface area (Å²) in [5.41, 5.74) is -0.386. The van der Waals surface area contributed by atoms with Gasteiger partial charge < -0.3 is 9.52 Å². The standard InChI is InChI=1S/C12H19NO4S/c1-12(7-3-2-4-8-12)13-18(15,16)11-6-5-10(9-14)17-11/h5-6,13-14H,2-4,7-9H2,1H3. The van der Waals surface area contributed by atoms with Gasteiger partial charge in [0.2, 0.25) is 5.09 Å². The van der Waals surface area contributed by atoms with Gasteiger partial charge in [-0.1, -0.05) is 19.3 Å². The van der Waals surface area contributed by atoms with Crippen LogP contribution in [0.3, 0.4) is 0 Å². The number of nitrogens with one attached hydrogen (secondary N) is 1. The minimum atomic E-state index is -3.64. The average Bonchev–Trinajstić information content (AvgIpc) is 2.77. The SMILES string of the molecule is CC1(NS(=O)(=O)c2ccc(CO)o2)CCCCC1. The van der Waals surface area contributed by atoms with Crippen LogP contribution in [0.15, 0.2) is 21.6 Å². The van der Waals surface area contributed by atoms with E-state index in [4.69, 9.17) is 9.52 Å². The molecule has 0 aliphatic heterocycles. The molecule has 18 heavy (non-hydrogen) atoms. The minimum Gasteiger partial charge on any atom is -0.446 e. The van der Waals surface area contributed by atoms with Gasteiger partial charge in [0.1, 0.15) is 12.4 Å². The van der Waals surface area contributed by atoms with Gasteiger partial charge in [0, 0.05) is 5.54 Å². The minimum absolute atomic E-state index is 0.127. The van der Waals surface area contributed by atoms with Crippen LogP contribution in [0.1, 0.15) is 44.8 Å². The zero-order chi connectivity index (χ0) is 13.2. The Morgan fingerprint density at radius 2 is 2.00 bits per heavy atom. The van der Waals surface area contributed by atoms with E-state index in [-0.39, 0.29) is 23.0 Å². The molecule has 2 N–H and O–H groups in total. The van der Waals surface area contributed by atoms with Gasteiger partial charge in [0.15, 0.2) is 0 Å². The molecule has 0 spiro atoms. The van der Waals surface area contributed by atoms with Gasteiger partial charge in [-0.25, -0.2) is 13.1 Å². The molecule has 0 amide bonds. The number of sulfonamides is 1. The molecule has 0 bridgehead atoms. The van der Waals surface area contributed by atoms with Crippen molar-refractivity contribution < 1.29 is 17.9 Å². The molecular weight excluding hydrogens is 254 g/mol. The fourth-order valence-electron chi connectivity index (χ4n) is 2.40. The third-order valence-corrected chi connectivity index (χ3v) is 4.91. The molecule has 1 heterocycles. The first kappa shape index (κ1) is 13.6. The highest BCUT2D eigenvalue weighted by atomic mass is 32.2. The summed E-state index contributed by atoms with van der Waals surface area (Å²) in [6.45, 7) is 1.63. The number of hydrogen-bond acceptors (Lipinski definition) is 4. The van der Waals surface area contributed by atoms with Crippen molar-refractivity contribution in [2.75, 3.05) is 0 Å². The molecule has 102 valence electrons. The van der Waals surface area contributed by atoms with Gasteiger partial charge in [-0.2, -0.15) is 0 Å². The van der Waals surface area contributed by atoms with Crippen LogP contribution in [-0.2, 0) is 16.6 Å². The van der Waals surface area contributed by atoms with Crippen LogP contribution >= 0.6 is 0 Å². The molecule has 0 saturated heterocycles. The maximum absolute atomic E-state index is 12.1. The van der Waals surface area contributed by atoms with E-state index >= 15 is 0 Å². The molecule has 0 atom stereocenters. The van der Waals surface area contributed by atoms with Crippen LogP contribution in [0.5, 0.6) is 0 Å². The quantitative estimate of drug-likeness (QED) is 0.876. The zero-order valence-corrected chi connectivity index (χ0v) is 11.3. The molecule has 6 heteroatoms. The molecule has 1 fully saturated rings. The van der Waals surface area contributed by atoms with E-state index in [0.29, 0.717) is 0 Å². The van der Waals surface area contributed by atoms with Crippen molar-refractivity contribution in [2.24, 2.45) is 0 Å². The normalized spacial score (nSPS) is 19.9. The maximum Gasteiger partial charge on any atom is 0.274 e. The second-order valence-electron chi connectivity index (χ2n) is 5.11. The lowest BCUT2D eigenvalue weighted by molar-refractivity contribution is 0.235. The van der Waals surface area contributed by atoms with Crippen molar-refractivity contribution in [3.05, 3.63) is 17.9 Å². The topological polar surface area (TPSA) is 79.5 Å². The van der Waals surface area contributed by atoms with E-state index in [1.54, 1.807) is 0 Å². The van der Waals surface area contributed by atoms with Crippen molar-refractivity contribution >= 4 is 10.0 Å². The van der Waals surface area contributed by atoms with Gasteiger partial charge in [-0.15, -0.1) is 0 Å². The Balaban J connectivity index is 2.16. The third-order valence-electron chi connectivity index (χ3n) is 3.40. The second kappa shape index (κ2) is 5.03. The van der Waals surface area contributed by atoms with Gasteiger partial charge in [0.05, 0.1) is 0 Å². The first-order valence-electron chi connectivity index (χ1n) is 6.19. The highest BCUT2D eigenvalue weighted by Crippen LogP contribution is 2.29. The van der Waals surface area contributed by atoms with Crippen LogP contribution in [0.2, 0.25) is 0 Å². The molecule has 0 radical (unpaired) electrons. The molecule has 1 aliphatic rings. The third kappa shape index (κ3) is 2.93. The molecule has 1 aliphatic carbocycles. The van der Waals surface area contributed by atoms with E-state index < -0.39 is 10.0 Å². The molecule has 5 nitrogen and oxygen atoms in total. The lowest BCUT2D eigenvalue weighted by Gasteiger charge is -2.33. The lowest BCUT2D eigenvalue weighted by Crippen LogP contribution is -2.46. The molecule has 1 aromatic heterocycles. The molecular formula is C12H19NO4S. The summed E-state index contributed by atoms with van der Waals surface area (Å²) < 4.78 is 32.1. The van der Waals surface area contributed by atoms with E-state index in [1.807, 2.05) is 6.92 Å². The predicted octanol–water partition coefficient (Wildman–Crippen LogP) is 1.77. The monoisotopic (exact) mass is 273 g/mol. The lowest BCUT2D eigenvalue weighted by atomic mass is 9.84. The largest absolute Gasteiger partial charge is 0.446 e. The van der Waals surface area contributed by atoms with Gasteiger partial charge in [-0.3, -0.25) is 0 Å².